The molecule has 0 aliphatic rings. The number of carbonyl (C=O) groups excluding carboxylic acids is 1. The van der Waals surface area contributed by atoms with Crippen molar-refractivity contribution in [2.24, 2.45) is 5.92 Å². The van der Waals surface area contributed by atoms with Gasteiger partial charge in [-0.15, -0.1) is 0 Å². The van der Waals surface area contributed by atoms with Crippen LogP contribution in [0.5, 0.6) is 0 Å². The van der Waals surface area contributed by atoms with E-state index in [1.165, 1.54) is 25.3 Å². The molecule has 0 amide bonds. The van der Waals surface area contributed by atoms with Gasteiger partial charge in [-0.25, -0.2) is 4.79 Å². The molecule has 0 aromatic heterocycles. The van der Waals surface area contributed by atoms with Crippen LogP contribution in [-0.2, 0) is 9.53 Å². The van der Waals surface area contributed by atoms with E-state index in [9.17, 15) is 4.79 Å². The van der Waals surface area contributed by atoms with Crippen molar-refractivity contribution in [3.8, 4) is 0 Å². The average Bonchev–Trinajstić information content (AvgIpc) is 2.23. The van der Waals surface area contributed by atoms with Crippen LogP contribution in [0.15, 0.2) is 12.7 Å². The van der Waals surface area contributed by atoms with E-state index in [4.69, 9.17) is 4.74 Å². The molecule has 0 N–H and O–H groups in total. The summed E-state index contributed by atoms with van der Waals surface area (Å²) in [6, 6.07) is 0. The molecule has 2 unspecified atom stereocenters. The van der Waals surface area contributed by atoms with E-state index in [1.54, 1.807) is 0 Å². The number of hydrogen-bond acceptors (Lipinski definition) is 2. The molecule has 0 bridgehead atoms. The Morgan fingerprint density at radius 3 is 2.60 bits per heavy atom. The van der Waals surface area contributed by atoms with Gasteiger partial charge in [0.2, 0.25) is 0 Å². The first kappa shape index (κ1) is 14.2. The summed E-state index contributed by atoms with van der Waals surface area (Å²) in [5, 5.41) is 0. The quantitative estimate of drug-likeness (QED) is 0.453. The fourth-order valence-electron chi connectivity index (χ4n) is 1.75. The topological polar surface area (TPSA) is 26.3 Å². The van der Waals surface area contributed by atoms with Gasteiger partial charge in [-0.2, -0.15) is 0 Å². The highest BCUT2D eigenvalue weighted by Gasteiger charge is 2.13. The molecule has 0 aromatic carbocycles. The molecule has 0 heterocycles. The summed E-state index contributed by atoms with van der Waals surface area (Å²) in [4.78, 5) is 11.0. The molecule has 0 rings (SSSR count). The van der Waals surface area contributed by atoms with E-state index in [2.05, 4.69) is 20.4 Å². The van der Waals surface area contributed by atoms with Crippen LogP contribution >= 0.6 is 0 Å². The van der Waals surface area contributed by atoms with Crippen LogP contribution in [0.1, 0.15) is 52.9 Å². The molecule has 2 nitrogen and oxygen atoms in total. The van der Waals surface area contributed by atoms with Gasteiger partial charge >= 0.3 is 5.97 Å². The third-order valence-electron chi connectivity index (χ3n) is 2.69. The lowest BCUT2D eigenvalue weighted by atomic mass is 9.93. The first-order valence-corrected chi connectivity index (χ1v) is 5.97. The van der Waals surface area contributed by atoms with Crippen LogP contribution < -0.4 is 0 Å². The lowest BCUT2D eigenvalue weighted by molar-refractivity contribution is -0.142. The number of hydrogen-bond donors (Lipinski definition) is 0. The number of rotatable bonds is 8. The van der Waals surface area contributed by atoms with E-state index in [-0.39, 0.29) is 12.1 Å². The maximum atomic E-state index is 11.0. The SMILES string of the molecule is C=CC(=O)OC(C)CC(CC)CCCC. The molecule has 0 saturated heterocycles. The Bertz CT molecular complexity index is 187. The average molecular weight is 212 g/mol. The molecular weight excluding hydrogens is 188 g/mol. The van der Waals surface area contributed by atoms with Gasteiger partial charge in [0.15, 0.2) is 0 Å². The van der Waals surface area contributed by atoms with Gasteiger partial charge in [0.1, 0.15) is 0 Å². The van der Waals surface area contributed by atoms with Gasteiger partial charge in [-0.3, -0.25) is 0 Å². The second kappa shape index (κ2) is 8.51. The first-order valence-electron chi connectivity index (χ1n) is 5.97. The van der Waals surface area contributed by atoms with Crippen LogP contribution in [-0.4, -0.2) is 12.1 Å². The molecule has 2 heteroatoms. The minimum Gasteiger partial charge on any atom is -0.460 e. The molecular formula is C13H24O2. The van der Waals surface area contributed by atoms with E-state index < -0.39 is 0 Å². The molecule has 15 heavy (non-hydrogen) atoms. The minimum absolute atomic E-state index is 0.0114. The highest BCUT2D eigenvalue weighted by Crippen LogP contribution is 2.19. The summed E-state index contributed by atoms with van der Waals surface area (Å²) in [7, 11) is 0. The Morgan fingerprint density at radius 2 is 2.13 bits per heavy atom. The minimum atomic E-state index is -0.312. The summed E-state index contributed by atoms with van der Waals surface area (Å²) in [6.07, 6.45) is 7.11. The molecule has 0 radical (unpaired) electrons. The van der Waals surface area contributed by atoms with E-state index >= 15 is 0 Å². The fourth-order valence-corrected chi connectivity index (χ4v) is 1.75. The summed E-state index contributed by atoms with van der Waals surface area (Å²) < 4.78 is 5.15. The summed E-state index contributed by atoms with van der Waals surface area (Å²) in [5.74, 6) is 0.366. The number of ether oxygens (including phenoxy) is 1. The van der Waals surface area contributed by atoms with Gasteiger partial charge in [-0.05, 0) is 19.3 Å². The summed E-state index contributed by atoms with van der Waals surface area (Å²) in [6.45, 7) is 9.74. The maximum Gasteiger partial charge on any atom is 0.330 e. The van der Waals surface area contributed by atoms with E-state index in [0.717, 1.165) is 12.8 Å². The number of unbranched alkanes of at least 4 members (excludes halogenated alkanes) is 1. The van der Waals surface area contributed by atoms with Crippen molar-refractivity contribution in [1.82, 2.24) is 0 Å². The Hall–Kier alpha value is -0.790. The zero-order valence-corrected chi connectivity index (χ0v) is 10.3. The fraction of sp³-hybridized carbons (Fsp3) is 0.769. The van der Waals surface area contributed by atoms with Crippen LogP contribution in [0.2, 0.25) is 0 Å². The third-order valence-corrected chi connectivity index (χ3v) is 2.69. The van der Waals surface area contributed by atoms with Gasteiger partial charge in [0, 0.05) is 6.08 Å². The van der Waals surface area contributed by atoms with Crippen LogP contribution in [0, 0.1) is 5.92 Å². The Labute approximate surface area is 93.7 Å². The van der Waals surface area contributed by atoms with Crippen LogP contribution in [0.25, 0.3) is 0 Å². The van der Waals surface area contributed by atoms with Crippen LogP contribution in [0.4, 0.5) is 0 Å². The Balaban J connectivity index is 3.83. The van der Waals surface area contributed by atoms with Gasteiger partial charge in [-0.1, -0.05) is 46.1 Å². The maximum absolute atomic E-state index is 11.0. The van der Waals surface area contributed by atoms with Crippen molar-refractivity contribution >= 4 is 5.97 Å². The first-order chi connectivity index (χ1) is 7.13. The highest BCUT2D eigenvalue weighted by molar-refractivity contribution is 5.81. The standard InChI is InChI=1S/C13H24O2/c1-5-8-9-12(6-2)10-11(4)15-13(14)7-3/h7,11-12H,3,5-6,8-10H2,1-2,4H3. The molecule has 0 aliphatic heterocycles. The lowest BCUT2D eigenvalue weighted by Crippen LogP contribution is -2.17. The largest absolute Gasteiger partial charge is 0.460 e. The zero-order valence-electron chi connectivity index (χ0n) is 10.3. The molecule has 2 atom stereocenters. The van der Waals surface area contributed by atoms with Crippen molar-refractivity contribution in [3.63, 3.8) is 0 Å². The second-order valence-electron chi connectivity index (χ2n) is 4.10. The van der Waals surface area contributed by atoms with Crippen molar-refractivity contribution in [3.05, 3.63) is 12.7 Å². The summed E-state index contributed by atoms with van der Waals surface area (Å²) >= 11 is 0. The lowest BCUT2D eigenvalue weighted by Gasteiger charge is -2.19. The van der Waals surface area contributed by atoms with Crippen molar-refractivity contribution in [2.75, 3.05) is 0 Å². The zero-order chi connectivity index (χ0) is 11.7. The summed E-state index contributed by atoms with van der Waals surface area (Å²) in [5.41, 5.74) is 0. The monoisotopic (exact) mass is 212 g/mol. The van der Waals surface area contributed by atoms with Crippen molar-refractivity contribution in [2.45, 2.75) is 59.0 Å². The van der Waals surface area contributed by atoms with E-state index in [0.29, 0.717) is 5.92 Å². The molecule has 0 saturated carbocycles. The molecule has 0 spiro atoms. The highest BCUT2D eigenvalue weighted by atomic mass is 16.5. The Kier molecular flexibility index (Phi) is 8.06. The van der Waals surface area contributed by atoms with Crippen molar-refractivity contribution < 1.29 is 9.53 Å². The normalized spacial score (nSPS) is 14.3. The second-order valence-corrected chi connectivity index (χ2v) is 4.10. The van der Waals surface area contributed by atoms with Gasteiger partial charge < -0.3 is 4.74 Å². The van der Waals surface area contributed by atoms with Gasteiger partial charge in [0.25, 0.3) is 0 Å². The predicted octanol–water partition coefficient (Wildman–Crippen LogP) is 3.71. The van der Waals surface area contributed by atoms with E-state index in [1.807, 2.05) is 6.92 Å². The third kappa shape index (κ3) is 7.18. The number of carbonyl (C=O) groups is 1. The Morgan fingerprint density at radius 1 is 1.47 bits per heavy atom. The molecule has 0 aromatic rings. The predicted molar refractivity (Wildman–Crippen MR) is 63.7 cm³/mol. The van der Waals surface area contributed by atoms with Crippen LogP contribution in [0.3, 0.4) is 0 Å². The molecule has 0 aliphatic carbocycles. The smallest absolute Gasteiger partial charge is 0.330 e. The van der Waals surface area contributed by atoms with Gasteiger partial charge in [0.05, 0.1) is 6.10 Å². The molecule has 0 fully saturated rings. The number of esters is 1. The van der Waals surface area contributed by atoms with Crippen molar-refractivity contribution in [1.29, 1.82) is 0 Å². The molecule has 88 valence electrons.